The summed E-state index contributed by atoms with van der Waals surface area (Å²) in [5, 5.41) is 0. The maximum Gasteiger partial charge on any atom is 0.317 e. The molecule has 0 spiro atoms. The van der Waals surface area contributed by atoms with E-state index in [0.717, 1.165) is 24.2 Å². The first kappa shape index (κ1) is 26.7. The van der Waals surface area contributed by atoms with E-state index >= 15 is 0 Å². The Morgan fingerprint density at radius 1 is 0.429 bits per heavy atom. The summed E-state index contributed by atoms with van der Waals surface area (Å²) in [6, 6.07) is 4.08. The lowest BCUT2D eigenvalue weighted by Gasteiger charge is -2.50. The van der Waals surface area contributed by atoms with Crippen molar-refractivity contribution in [2.75, 3.05) is 0 Å². The predicted octanol–water partition coefficient (Wildman–Crippen LogP) is 7.55. The van der Waals surface area contributed by atoms with Crippen molar-refractivity contribution in [1.82, 2.24) is 0 Å². The Kier molecular flexibility index (Phi) is 11.4. The van der Waals surface area contributed by atoms with Crippen LogP contribution in [0.1, 0.15) is 79.1 Å². The van der Waals surface area contributed by atoms with E-state index in [0.29, 0.717) is 0 Å². The average Bonchev–Trinajstić information content (AvgIpc) is 2.61. The van der Waals surface area contributed by atoms with Crippen molar-refractivity contribution in [3.63, 3.8) is 0 Å². The summed E-state index contributed by atoms with van der Waals surface area (Å²) in [5.74, 6) is 0. The van der Waals surface area contributed by atoms with Gasteiger partial charge < -0.3 is 16.5 Å². The third kappa shape index (κ3) is 8.83. The van der Waals surface area contributed by atoms with E-state index in [4.69, 9.17) is 16.5 Å². The van der Waals surface area contributed by atoms with Crippen LogP contribution in [0.15, 0.2) is 0 Å². The fraction of sp³-hybridized carbons (Fsp3) is 1.00. The topological polar surface area (TPSA) is 36.9 Å². The molecule has 0 aliphatic carbocycles. The van der Waals surface area contributed by atoms with Crippen LogP contribution in [-0.4, -0.2) is 34.2 Å². The highest BCUT2D eigenvalue weighted by Gasteiger charge is 2.55. The molecule has 1 saturated heterocycles. The Labute approximate surface area is 180 Å². The molecule has 168 valence electrons. The molecule has 8 heteroatoms. The van der Waals surface area contributed by atoms with Gasteiger partial charge in [-0.25, -0.2) is 0 Å². The number of rotatable bonds is 12. The monoisotopic (exact) mass is 464 g/mol. The minimum absolute atomic E-state index is 0.971. The van der Waals surface area contributed by atoms with Crippen LogP contribution < -0.4 is 0 Å². The van der Waals surface area contributed by atoms with Crippen molar-refractivity contribution in [2.45, 2.75) is 129 Å². The van der Waals surface area contributed by atoms with E-state index < -0.39 is 34.2 Å². The molecule has 4 nitrogen and oxygen atoms in total. The third-order valence-electron chi connectivity index (χ3n) is 5.98. The molecule has 1 rings (SSSR count). The van der Waals surface area contributed by atoms with Gasteiger partial charge in [0.05, 0.1) is 0 Å². The molecule has 0 unspecified atom stereocenters. The highest BCUT2D eigenvalue weighted by molar-refractivity contribution is 6.93. The lowest BCUT2D eigenvalue weighted by atomic mass is 10.2. The van der Waals surface area contributed by atoms with Crippen LogP contribution in [0.5, 0.6) is 0 Å². The van der Waals surface area contributed by atoms with Gasteiger partial charge in [0.1, 0.15) is 0 Å². The van der Waals surface area contributed by atoms with Gasteiger partial charge in [-0.15, -0.1) is 0 Å². The van der Waals surface area contributed by atoms with E-state index in [-0.39, 0.29) is 0 Å². The van der Waals surface area contributed by atoms with E-state index in [1.165, 1.54) is 51.4 Å². The fourth-order valence-electron chi connectivity index (χ4n) is 4.15. The molecule has 0 saturated carbocycles. The van der Waals surface area contributed by atoms with Crippen LogP contribution in [-0.2, 0) is 16.5 Å². The zero-order valence-electron chi connectivity index (χ0n) is 20.1. The summed E-state index contributed by atoms with van der Waals surface area (Å²) in [4.78, 5) is 0. The van der Waals surface area contributed by atoms with Gasteiger partial charge in [-0.3, -0.25) is 0 Å². The second-order valence-electron chi connectivity index (χ2n) is 9.27. The summed E-state index contributed by atoms with van der Waals surface area (Å²) >= 11 is 0. The van der Waals surface area contributed by atoms with Crippen molar-refractivity contribution in [1.29, 1.82) is 0 Å². The van der Waals surface area contributed by atoms with Crippen LogP contribution in [0.25, 0.3) is 0 Å². The molecule has 0 aromatic carbocycles. The first-order chi connectivity index (χ1) is 13.1. The van der Waals surface area contributed by atoms with E-state index in [9.17, 15) is 0 Å². The van der Waals surface area contributed by atoms with Crippen LogP contribution in [0.2, 0.25) is 50.4 Å². The van der Waals surface area contributed by atoms with Crippen molar-refractivity contribution in [2.24, 2.45) is 0 Å². The molecule has 0 bridgehead atoms. The van der Waals surface area contributed by atoms with Gasteiger partial charge >= 0.3 is 34.2 Å². The lowest BCUT2D eigenvalue weighted by molar-refractivity contribution is 0.222. The first-order valence-electron chi connectivity index (χ1n) is 11.9. The predicted molar refractivity (Wildman–Crippen MR) is 130 cm³/mol. The Balaban J connectivity index is 3.00. The summed E-state index contributed by atoms with van der Waals surface area (Å²) < 4.78 is 27.8. The van der Waals surface area contributed by atoms with Gasteiger partial charge in [-0.05, 0) is 50.4 Å². The molecule has 1 heterocycles. The van der Waals surface area contributed by atoms with E-state index in [2.05, 4.69) is 53.9 Å². The quantitative estimate of drug-likeness (QED) is 0.220. The van der Waals surface area contributed by atoms with Crippen molar-refractivity contribution < 1.29 is 16.5 Å². The molecule has 0 N–H and O–H groups in total. The summed E-state index contributed by atoms with van der Waals surface area (Å²) in [5.41, 5.74) is 0. The molecule has 0 aromatic rings. The Hall–Kier alpha value is 0.708. The van der Waals surface area contributed by atoms with Gasteiger partial charge in [0, 0.05) is 0 Å². The highest BCUT2D eigenvalue weighted by Crippen LogP contribution is 2.38. The van der Waals surface area contributed by atoms with Crippen LogP contribution in [0.4, 0.5) is 0 Å². The average molecular weight is 465 g/mol. The summed E-state index contributed by atoms with van der Waals surface area (Å²) in [6.45, 7) is 18.0. The smallest absolute Gasteiger partial charge is 0.317 e. The number of hydrogen-bond acceptors (Lipinski definition) is 4. The minimum Gasteiger partial charge on any atom is -0.416 e. The van der Waals surface area contributed by atoms with Crippen molar-refractivity contribution >= 4 is 34.2 Å². The highest BCUT2D eigenvalue weighted by atomic mass is 28.5. The lowest BCUT2D eigenvalue weighted by Crippen LogP contribution is -2.67. The van der Waals surface area contributed by atoms with E-state index in [1.807, 2.05) is 0 Å². The molecule has 0 aromatic heterocycles. The van der Waals surface area contributed by atoms with Crippen molar-refractivity contribution in [3.8, 4) is 0 Å². The Bertz CT molecular complexity index is 398. The van der Waals surface area contributed by atoms with Crippen LogP contribution >= 0.6 is 0 Å². The molecular formula is C20H48O4Si4. The first-order valence-corrected chi connectivity index (χ1v) is 22.0. The number of unbranched alkanes of at least 4 members (excludes halogenated alkanes) is 6. The zero-order valence-corrected chi connectivity index (χ0v) is 24.1. The Morgan fingerprint density at radius 3 is 1.00 bits per heavy atom. The molecular weight excluding hydrogens is 417 g/mol. The molecule has 0 atom stereocenters. The Morgan fingerprint density at radius 2 is 0.750 bits per heavy atom. The molecule has 1 aliphatic rings. The molecule has 0 radical (unpaired) electrons. The maximum atomic E-state index is 6.94. The van der Waals surface area contributed by atoms with Gasteiger partial charge in [0.2, 0.25) is 0 Å². The van der Waals surface area contributed by atoms with Gasteiger partial charge in [0.25, 0.3) is 0 Å². The molecule has 1 fully saturated rings. The SMILES string of the molecule is CCCCCC[Si]1(C)O[Si](C)(CC)O[Si](C)(CCCCCC)O[Si](C)(CC)O1. The summed E-state index contributed by atoms with van der Waals surface area (Å²) in [6.07, 6.45) is 10.1. The molecule has 28 heavy (non-hydrogen) atoms. The third-order valence-corrected chi connectivity index (χ3v) is 24.9. The fourth-order valence-corrected chi connectivity index (χ4v) is 26.7. The van der Waals surface area contributed by atoms with Gasteiger partial charge in [-0.1, -0.05) is 79.1 Å². The van der Waals surface area contributed by atoms with Crippen molar-refractivity contribution in [3.05, 3.63) is 0 Å². The molecule has 0 amide bonds. The maximum absolute atomic E-state index is 6.94. The summed E-state index contributed by atoms with van der Waals surface area (Å²) in [7, 11) is -9.15. The largest absolute Gasteiger partial charge is 0.416 e. The second kappa shape index (κ2) is 11.9. The van der Waals surface area contributed by atoms with Crippen LogP contribution in [0, 0.1) is 0 Å². The van der Waals surface area contributed by atoms with Gasteiger partial charge in [-0.2, -0.15) is 0 Å². The van der Waals surface area contributed by atoms with E-state index in [1.54, 1.807) is 0 Å². The van der Waals surface area contributed by atoms with Gasteiger partial charge in [0.15, 0.2) is 0 Å². The van der Waals surface area contributed by atoms with Crippen LogP contribution in [0.3, 0.4) is 0 Å². The normalized spacial score (nSPS) is 36.9. The zero-order chi connectivity index (χ0) is 21.3. The number of hydrogen-bond donors (Lipinski definition) is 0. The molecule has 1 aliphatic heterocycles. The minimum atomic E-state index is -2.29. The standard InChI is InChI=1S/C20H48O4Si4/c1-9-13-15-17-19-27(7)21-25(5,11-3)23-28(8,20-18-16-14-10-2)24-26(6,12-4)22-27/h9-20H2,1-8H3. The second-order valence-corrected chi connectivity index (χ2v) is 24.0.